The number of Topliss-reactive ketones (excluding diaryl/α,β-unsaturated/α-hetero) is 2. The maximum absolute atomic E-state index is 15.4. The SMILES string of the molecule is CN(C)[C@@H]1C(=O)C(C(N)=O)=C(O)[C@@]2(O)C(=O)C3=C(O)c4c(O)c(NC(=O)CCCC5CCC5)cc(F)c4C[C@H]3C[C@@H]12. The largest absolute Gasteiger partial charge is 0.508 e. The number of primary amides is 1. The lowest BCUT2D eigenvalue weighted by atomic mass is 9.57. The van der Waals surface area contributed by atoms with Gasteiger partial charge < -0.3 is 31.5 Å². The minimum atomic E-state index is -2.79. The van der Waals surface area contributed by atoms with Crippen molar-refractivity contribution in [1.29, 1.82) is 0 Å². The van der Waals surface area contributed by atoms with Gasteiger partial charge in [0.05, 0.1) is 17.3 Å². The predicted octanol–water partition coefficient (Wildman–Crippen LogP) is 2.01. The molecule has 0 unspecified atom stereocenters. The van der Waals surface area contributed by atoms with Crippen molar-refractivity contribution >= 4 is 34.8 Å². The molecule has 0 radical (unpaired) electrons. The van der Waals surface area contributed by atoms with Crippen molar-refractivity contribution in [3.63, 3.8) is 0 Å². The number of aliphatic hydroxyl groups is 3. The fourth-order valence-corrected chi connectivity index (χ4v) is 6.91. The molecule has 220 valence electrons. The van der Waals surface area contributed by atoms with E-state index in [1.807, 2.05) is 0 Å². The number of amides is 2. The monoisotopic (exact) mass is 571 g/mol. The predicted molar refractivity (Wildman–Crippen MR) is 144 cm³/mol. The average molecular weight is 572 g/mol. The van der Waals surface area contributed by atoms with E-state index >= 15 is 4.39 Å². The molecule has 0 heterocycles. The van der Waals surface area contributed by atoms with Gasteiger partial charge in [-0.15, -0.1) is 0 Å². The first-order chi connectivity index (χ1) is 19.3. The third-order valence-corrected chi connectivity index (χ3v) is 9.18. The highest BCUT2D eigenvalue weighted by atomic mass is 19.1. The van der Waals surface area contributed by atoms with Gasteiger partial charge >= 0.3 is 0 Å². The number of anilines is 1. The zero-order valence-corrected chi connectivity index (χ0v) is 22.9. The molecular formula is C29H34FN3O8. The molecule has 5 rings (SSSR count). The lowest BCUT2D eigenvalue weighted by molar-refractivity contribution is -0.153. The molecule has 2 saturated carbocycles. The van der Waals surface area contributed by atoms with Crippen molar-refractivity contribution in [2.75, 3.05) is 19.4 Å². The normalized spacial score (nSPS) is 27.8. The third kappa shape index (κ3) is 4.40. The number of aromatic hydroxyl groups is 1. The average Bonchev–Trinajstić information content (AvgIpc) is 2.85. The summed E-state index contributed by atoms with van der Waals surface area (Å²) in [6, 6.07) is -0.273. The molecule has 1 aromatic carbocycles. The molecule has 2 fully saturated rings. The van der Waals surface area contributed by atoms with Crippen LogP contribution >= 0.6 is 0 Å². The molecule has 1 aromatic rings. The van der Waals surface area contributed by atoms with Gasteiger partial charge in [0.25, 0.3) is 5.91 Å². The lowest BCUT2D eigenvalue weighted by Gasteiger charge is -2.50. The summed E-state index contributed by atoms with van der Waals surface area (Å²) in [4.78, 5) is 53.0. The Morgan fingerprint density at radius 1 is 1.20 bits per heavy atom. The summed E-state index contributed by atoms with van der Waals surface area (Å²) in [5, 5.41) is 47.3. The first kappa shape index (κ1) is 28.7. The van der Waals surface area contributed by atoms with Crippen LogP contribution in [0.3, 0.4) is 0 Å². The second-order valence-corrected chi connectivity index (χ2v) is 11.8. The van der Waals surface area contributed by atoms with Gasteiger partial charge in [0.15, 0.2) is 17.1 Å². The van der Waals surface area contributed by atoms with E-state index in [1.165, 1.54) is 25.4 Å². The number of rotatable bonds is 7. The van der Waals surface area contributed by atoms with Crippen LogP contribution in [0, 0.1) is 23.6 Å². The van der Waals surface area contributed by atoms with Crippen molar-refractivity contribution in [2.45, 2.75) is 63.0 Å². The number of hydrogen-bond donors (Lipinski definition) is 6. The highest BCUT2D eigenvalue weighted by Gasteiger charge is 2.64. The van der Waals surface area contributed by atoms with Gasteiger partial charge in [0.1, 0.15) is 22.9 Å². The molecule has 0 spiro atoms. The Bertz CT molecular complexity index is 1430. The number of aliphatic hydroxyl groups excluding tert-OH is 2. The van der Waals surface area contributed by atoms with Gasteiger partial charge in [-0.3, -0.25) is 24.1 Å². The third-order valence-electron chi connectivity index (χ3n) is 9.18. The van der Waals surface area contributed by atoms with Gasteiger partial charge in [0.2, 0.25) is 11.7 Å². The number of halogens is 1. The first-order valence-corrected chi connectivity index (χ1v) is 13.8. The summed E-state index contributed by atoms with van der Waals surface area (Å²) >= 11 is 0. The van der Waals surface area contributed by atoms with Crippen molar-refractivity contribution in [1.82, 2.24) is 4.90 Å². The van der Waals surface area contributed by atoms with Crippen LogP contribution in [0.1, 0.15) is 56.1 Å². The zero-order valence-electron chi connectivity index (χ0n) is 22.9. The minimum absolute atomic E-state index is 0.101. The summed E-state index contributed by atoms with van der Waals surface area (Å²) in [7, 11) is 2.99. The van der Waals surface area contributed by atoms with E-state index in [4.69, 9.17) is 5.73 Å². The molecule has 2 amide bonds. The number of phenolic OH excluding ortho intramolecular Hbond substituents is 1. The number of fused-ring (bicyclic) bond motifs is 3. The van der Waals surface area contributed by atoms with Gasteiger partial charge in [0, 0.05) is 29.5 Å². The van der Waals surface area contributed by atoms with E-state index < -0.39 is 86.7 Å². The Morgan fingerprint density at radius 2 is 1.88 bits per heavy atom. The smallest absolute Gasteiger partial charge is 0.255 e. The maximum atomic E-state index is 15.4. The Labute approximate surface area is 235 Å². The maximum Gasteiger partial charge on any atom is 0.255 e. The van der Waals surface area contributed by atoms with Crippen LogP contribution in [0.15, 0.2) is 23.0 Å². The molecule has 7 N–H and O–H groups in total. The van der Waals surface area contributed by atoms with Crippen molar-refractivity contribution in [2.24, 2.45) is 23.5 Å². The number of likely N-dealkylation sites (N-methyl/N-ethyl adjacent to an activating group) is 1. The number of carbonyl (C=O) groups is 4. The van der Waals surface area contributed by atoms with Gasteiger partial charge in [-0.2, -0.15) is 0 Å². The van der Waals surface area contributed by atoms with Crippen LogP contribution in [0.5, 0.6) is 5.75 Å². The number of nitrogens with two attached hydrogens (primary N) is 1. The highest BCUT2D eigenvalue weighted by molar-refractivity contribution is 6.24. The topological polar surface area (TPSA) is 190 Å². The molecule has 11 nitrogen and oxygen atoms in total. The number of benzene rings is 1. The van der Waals surface area contributed by atoms with Crippen LogP contribution in [0.2, 0.25) is 0 Å². The van der Waals surface area contributed by atoms with E-state index in [1.54, 1.807) is 0 Å². The summed E-state index contributed by atoms with van der Waals surface area (Å²) in [6.07, 6.45) is 4.85. The van der Waals surface area contributed by atoms with Crippen LogP contribution < -0.4 is 11.1 Å². The quantitative estimate of drug-likeness (QED) is 0.210. The number of ketones is 2. The van der Waals surface area contributed by atoms with Crippen LogP contribution in [0.4, 0.5) is 10.1 Å². The number of nitrogens with zero attached hydrogens (tertiary/aromatic N) is 1. The Balaban J connectivity index is 1.53. The van der Waals surface area contributed by atoms with Crippen molar-refractivity contribution in [3.8, 4) is 5.75 Å². The zero-order chi connectivity index (χ0) is 30.0. The van der Waals surface area contributed by atoms with Crippen molar-refractivity contribution < 1.29 is 44.0 Å². The molecule has 12 heteroatoms. The lowest BCUT2D eigenvalue weighted by Crippen LogP contribution is -2.65. The molecule has 0 aliphatic heterocycles. The Kier molecular flexibility index (Phi) is 7.19. The van der Waals surface area contributed by atoms with E-state index in [0.717, 1.165) is 25.3 Å². The fraction of sp³-hybridized carbons (Fsp3) is 0.517. The molecule has 0 bridgehead atoms. The number of carbonyl (C=O) groups excluding carboxylic acids is 4. The molecule has 0 aromatic heterocycles. The van der Waals surface area contributed by atoms with Crippen LogP contribution in [-0.2, 0) is 25.6 Å². The van der Waals surface area contributed by atoms with E-state index in [2.05, 4.69) is 5.32 Å². The summed E-state index contributed by atoms with van der Waals surface area (Å²) < 4.78 is 15.4. The summed E-state index contributed by atoms with van der Waals surface area (Å²) in [6.45, 7) is 0. The van der Waals surface area contributed by atoms with Crippen LogP contribution in [0.25, 0.3) is 5.76 Å². The van der Waals surface area contributed by atoms with E-state index in [-0.39, 0.29) is 30.5 Å². The van der Waals surface area contributed by atoms with Crippen LogP contribution in [-0.4, -0.2) is 74.4 Å². The molecular weight excluding hydrogens is 537 g/mol. The Morgan fingerprint density at radius 3 is 2.46 bits per heavy atom. The second kappa shape index (κ2) is 10.3. The van der Waals surface area contributed by atoms with Gasteiger partial charge in [-0.05, 0) is 51.6 Å². The summed E-state index contributed by atoms with van der Waals surface area (Å²) in [5.74, 6) is -8.87. The fourth-order valence-electron chi connectivity index (χ4n) is 6.91. The Hall–Kier alpha value is -3.77. The first-order valence-electron chi connectivity index (χ1n) is 13.8. The molecule has 41 heavy (non-hydrogen) atoms. The summed E-state index contributed by atoms with van der Waals surface area (Å²) in [5.41, 5.74) is 0.430. The second-order valence-electron chi connectivity index (χ2n) is 11.8. The standard InChI is InChI=1S/C29H34FN3O8/c1-33(2)22-15-10-13-9-14-16(30)11-17(32-18(34)8-4-7-12-5-3-6-12)23(35)20(14)24(36)19(13)26(38)29(15,41)27(39)21(25(22)37)28(31)40/h11-13,15,22,35-36,39,41H,3-10H2,1-2H3,(H2,31,40)(H,32,34)/t13-,15-,22-,29-/m0/s1. The number of phenols is 1. The molecule has 4 aliphatic rings. The number of nitrogens with one attached hydrogen (secondary N) is 1. The van der Waals surface area contributed by atoms with Crippen molar-refractivity contribution in [3.05, 3.63) is 39.9 Å². The highest BCUT2D eigenvalue weighted by Crippen LogP contribution is 2.53. The minimum Gasteiger partial charge on any atom is -0.508 e. The molecule has 4 aliphatic carbocycles. The van der Waals surface area contributed by atoms with Gasteiger partial charge in [-0.1, -0.05) is 19.3 Å². The number of hydrogen-bond acceptors (Lipinski definition) is 9. The van der Waals surface area contributed by atoms with E-state index in [9.17, 15) is 39.6 Å². The van der Waals surface area contributed by atoms with E-state index in [0.29, 0.717) is 12.3 Å². The van der Waals surface area contributed by atoms with Gasteiger partial charge in [-0.25, -0.2) is 4.39 Å². The molecule has 4 atom stereocenters. The molecule has 0 saturated heterocycles.